The quantitative estimate of drug-likeness (QED) is 0.265. The van der Waals surface area contributed by atoms with Crippen molar-refractivity contribution in [2.75, 3.05) is 7.05 Å². The Balaban J connectivity index is 1.87. The van der Waals surface area contributed by atoms with E-state index in [2.05, 4.69) is 46.7 Å². The van der Waals surface area contributed by atoms with Gasteiger partial charge >= 0.3 is 0 Å². The maximum Gasteiger partial charge on any atom is 0.164 e. The second kappa shape index (κ2) is 12.4. The smallest absolute Gasteiger partial charge is 0.164 e. The maximum absolute atomic E-state index is 5.08. The third-order valence-electron chi connectivity index (χ3n) is 7.65. The van der Waals surface area contributed by atoms with E-state index in [1.807, 2.05) is 74.7 Å². The van der Waals surface area contributed by atoms with Gasteiger partial charge in [0.2, 0.25) is 0 Å². The third kappa shape index (κ3) is 5.15. The Labute approximate surface area is 255 Å². The number of fused-ring (bicyclic) bond motifs is 10. The van der Waals surface area contributed by atoms with Crippen molar-refractivity contribution in [1.82, 2.24) is 34.9 Å². The van der Waals surface area contributed by atoms with Crippen LogP contribution < -0.4 is 5.49 Å². The van der Waals surface area contributed by atoms with Crippen LogP contribution in [0, 0.1) is 0 Å². The van der Waals surface area contributed by atoms with Gasteiger partial charge in [0, 0.05) is 57.4 Å². The van der Waals surface area contributed by atoms with E-state index in [0.717, 1.165) is 56.2 Å². The third-order valence-corrected chi connectivity index (χ3v) is 7.65. The molecule has 8 heteroatoms. The van der Waals surface area contributed by atoms with E-state index in [-0.39, 0.29) is 0 Å². The van der Waals surface area contributed by atoms with Crippen LogP contribution in [0.3, 0.4) is 0 Å². The van der Waals surface area contributed by atoms with Crippen molar-refractivity contribution in [3.63, 3.8) is 0 Å². The van der Waals surface area contributed by atoms with E-state index >= 15 is 0 Å². The molecule has 0 fully saturated rings. The topological polar surface area (TPSA) is 108 Å². The molecule has 0 saturated carbocycles. The fraction of sp³-hybridized carbons (Fsp3) is 0.167. The fourth-order valence-corrected chi connectivity index (χ4v) is 5.60. The summed E-state index contributed by atoms with van der Waals surface area (Å²) < 4.78 is 0. The maximum atomic E-state index is 5.08. The monoisotopic (exact) mass is 578 g/mol. The molecule has 1 aliphatic carbocycles. The number of nitrogens with zero attached hydrogens (tertiary/aromatic N) is 6. The highest BCUT2D eigenvalue weighted by Crippen LogP contribution is 2.31. The Morgan fingerprint density at radius 1 is 0.886 bits per heavy atom. The molecule has 0 atom stereocenters. The second-order valence-corrected chi connectivity index (χ2v) is 10.3. The Bertz CT molecular complexity index is 2190. The number of H-pyrrole nitrogens is 2. The van der Waals surface area contributed by atoms with Crippen LogP contribution in [0.2, 0.25) is 0 Å². The summed E-state index contributed by atoms with van der Waals surface area (Å²) in [5.41, 5.74) is 9.09. The largest absolute Gasteiger partial charge is 0.324 e. The first-order valence-electron chi connectivity index (χ1n) is 14.8. The zero-order chi connectivity index (χ0) is 30.6. The van der Waals surface area contributed by atoms with Gasteiger partial charge < -0.3 is 9.97 Å². The zero-order valence-electron chi connectivity index (χ0n) is 25.4. The highest BCUT2D eigenvalue weighted by Gasteiger charge is 2.21. The van der Waals surface area contributed by atoms with E-state index in [9.17, 15) is 0 Å². The molecular weight excluding hydrogens is 544 g/mol. The summed E-state index contributed by atoms with van der Waals surface area (Å²) in [6, 6.07) is 8.02. The van der Waals surface area contributed by atoms with Crippen molar-refractivity contribution < 1.29 is 0 Å². The molecule has 0 unspecified atom stereocenters. The molecule has 1 aromatic carbocycles. The Morgan fingerprint density at radius 3 is 2.43 bits per heavy atom. The van der Waals surface area contributed by atoms with Gasteiger partial charge in [-0.25, -0.2) is 24.9 Å². The molecule has 4 aromatic rings. The standard InChI is InChI=1S/C36H34N8/c1-6-15-26-23(8-3)32-39-30(37-5)25-18-14-13-17-22(25)21-38-31-28-19-11-10-12-20-29(28)36(40-31)44-35-27(16-7-2)24(9-4)33(43-35)42-34(26)41-32/h6-7,9-19,21H,4,8,20H2,1-3,5H3,(H2,37,38,39,40,41,42,43,44)/b15-6-,16-7-. The summed E-state index contributed by atoms with van der Waals surface area (Å²) in [4.78, 5) is 36.7. The van der Waals surface area contributed by atoms with Gasteiger partial charge in [0.25, 0.3) is 0 Å². The molecule has 8 nitrogen and oxygen atoms in total. The van der Waals surface area contributed by atoms with Gasteiger partial charge in [0.05, 0.1) is 0 Å². The molecule has 1 aliphatic heterocycles. The lowest BCUT2D eigenvalue weighted by molar-refractivity contribution is 1.11. The lowest BCUT2D eigenvalue weighted by Crippen LogP contribution is -2.06. The average Bonchev–Trinajstić information content (AvgIpc) is 3.56. The van der Waals surface area contributed by atoms with Gasteiger partial charge in [-0.05, 0) is 26.7 Å². The molecular formula is C36H34N8. The summed E-state index contributed by atoms with van der Waals surface area (Å²) in [5.74, 6) is 1.09. The summed E-state index contributed by atoms with van der Waals surface area (Å²) >= 11 is 0. The van der Waals surface area contributed by atoms with Crippen LogP contribution in [-0.4, -0.2) is 41.9 Å². The van der Waals surface area contributed by atoms with E-state index in [0.29, 0.717) is 40.5 Å². The van der Waals surface area contributed by atoms with Crippen molar-refractivity contribution in [2.45, 2.75) is 33.6 Å². The van der Waals surface area contributed by atoms with Crippen LogP contribution in [0.15, 0.2) is 84.6 Å². The summed E-state index contributed by atoms with van der Waals surface area (Å²) in [6.45, 7) is 10.2. The number of allylic oxidation sites excluding steroid dienone is 9. The molecule has 218 valence electrons. The number of nitrogens with one attached hydrogen (secondary N) is 2. The van der Waals surface area contributed by atoms with Crippen molar-refractivity contribution in [1.29, 1.82) is 0 Å². The first kappa shape index (κ1) is 28.6. The fourth-order valence-electron chi connectivity index (χ4n) is 5.60. The minimum absolute atomic E-state index is 0.530. The minimum Gasteiger partial charge on any atom is -0.324 e. The predicted octanol–water partition coefficient (Wildman–Crippen LogP) is 7.26. The number of aromatic nitrogens is 7. The van der Waals surface area contributed by atoms with Crippen molar-refractivity contribution >= 4 is 56.7 Å². The van der Waals surface area contributed by atoms with Gasteiger partial charge in [-0.1, -0.05) is 92.5 Å². The van der Waals surface area contributed by atoms with Crippen LogP contribution in [0.5, 0.6) is 0 Å². The van der Waals surface area contributed by atoms with Crippen LogP contribution in [0.25, 0.3) is 56.7 Å². The van der Waals surface area contributed by atoms with Gasteiger partial charge in [-0.2, -0.15) is 0 Å². The SMILES string of the molecule is C=CC1=C(/C=C\C)c2nc1nc1[nH]c(nc(=NC)c3ccccc3cnc3[nH]c(n2)c2c3C=CC=CC2)c(CC)c1/C=C\C. The Hall–Kier alpha value is -5.50. The molecule has 2 N–H and O–H groups in total. The molecule has 0 radical (unpaired) electrons. The summed E-state index contributed by atoms with van der Waals surface area (Å²) in [7, 11) is 1.76. The first-order chi connectivity index (χ1) is 21.6. The van der Waals surface area contributed by atoms with E-state index in [1.54, 1.807) is 13.1 Å². The van der Waals surface area contributed by atoms with E-state index in [1.165, 1.54) is 0 Å². The van der Waals surface area contributed by atoms with E-state index in [4.69, 9.17) is 24.9 Å². The summed E-state index contributed by atoms with van der Waals surface area (Å²) in [5, 5.41) is 1.77. The Morgan fingerprint density at radius 2 is 1.66 bits per heavy atom. The first-order valence-corrected chi connectivity index (χ1v) is 14.8. The molecule has 0 saturated heterocycles. The van der Waals surface area contributed by atoms with Crippen LogP contribution in [0.1, 0.15) is 54.7 Å². The number of rotatable bonds is 4. The molecule has 0 spiro atoms. The highest BCUT2D eigenvalue weighted by atomic mass is 15.0. The van der Waals surface area contributed by atoms with Crippen LogP contribution >= 0.6 is 0 Å². The lowest BCUT2D eigenvalue weighted by atomic mass is 10.1. The number of hydrogen-bond donors (Lipinski definition) is 2. The number of benzene rings is 1. The average molecular weight is 579 g/mol. The minimum atomic E-state index is 0.530. The molecule has 6 bridgehead atoms. The van der Waals surface area contributed by atoms with E-state index < -0.39 is 0 Å². The van der Waals surface area contributed by atoms with Gasteiger partial charge in [0.1, 0.15) is 22.6 Å². The number of aryl methyl sites for hydroxylation is 1. The normalized spacial score (nSPS) is 14.1. The Kier molecular flexibility index (Phi) is 8.06. The molecule has 3 aromatic heterocycles. The molecule has 2 aliphatic rings. The molecule has 4 heterocycles. The lowest BCUT2D eigenvalue weighted by Gasteiger charge is -1.98. The van der Waals surface area contributed by atoms with Crippen LogP contribution in [-0.2, 0) is 12.8 Å². The highest BCUT2D eigenvalue weighted by molar-refractivity contribution is 5.99. The van der Waals surface area contributed by atoms with Crippen molar-refractivity contribution in [3.05, 3.63) is 119 Å². The van der Waals surface area contributed by atoms with Gasteiger partial charge in [-0.3, -0.25) is 4.99 Å². The number of aromatic amines is 2. The van der Waals surface area contributed by atoms with Gasteiger partial charge in [-0.15, -0.1) is 0 Å². The molecule has 0 amide bonds. The summed E-state index contributed by atoms with van der Waals surface area (Å²) in [6.07, 6.45) is 21.4. The van der Waals surface area contributed by atoms with Crippen molar-refractivity contribution in [3.8, 4) is 0 Å². The molecule has 6 rings (SSSR count). The van der Waals surface area contributed by atoms with Gasteiger partial charge in [0.15, 0.2) is 17.1 Å². The second-order valence-electron chi connectivity index (χ2n) is 10.3. The van der Waals surface area contributed by atoms with Crippen LogP contribution in [0.4, 0.5) is 0 Å². The predicted molar refractivity (Wildman–Crippen MR) is 181 cm³/mol. The van der Waals surface area contributed by atoms with Crippen molar-refractivity contribution in [2.24, 2.45) is 4.99 Å². The molecule has 44 heavy (non-hydrogen) atoms. The zero-order valence-corrected chi connectivity index (χ0v) is 25.4. The number of hydrogen-bond acceptors (Lipinski definition) is 6.